The SMILES string of the molecule is CNc1ccc(CSc2ccccn2)cc1[N+](=O)[O-]. The van der Waals surface area contributed by atoms with Crippen LogP contribution in [0.1, 0.15) is 5.56 Å². The first-order valence-electron chi connectivity index (χ1n) is 5.69. The van der Waals surface area contributed by atoms with Gasteiger partial charge in [0.25, 0.3) is 5.69 Å². The van der Waals surface area contributed by atoms with Crippen LogP contribution in [0.4, 0.5) is 11.4 Å². The molecule has 1 N–H and O–H groups in total. The third-order valence-electron chi connectivity index (χ3n) is 2.55. The predicted octanol–water partition coefficient (Wildman–Crippen LogP) is 3.32. The summed E-state index contributed by atoms with van der Waals surface area (Å²) in [7, 11) is 1.67. The molecule has 1 heterocycles. The van der Waals surface area contributed by atoms with E-state index in [0.29, 0.717) is 11.4 Å². The normalized spacial score (nSPS) is 10.2. The van der Waals surface area contributed by atoms with Crippen molar-refractivity contribution in [1.82, 2.24) is 4.98 Å². The molecule has 0 aliphatic heterocycles. The van der Waals surface area contributed by atoms with Gasteiger partial charge in [-0.05, 0) is 23.8 Å². The van der Waals surface area contributed by atoms with Crippen molar-refractivity contribution >= 4 is 23.1 Å². The largest absolute Gasteiger partial charge is 0.383 e. The van der Waals surface area contributed by atoms with Crippen molar-refractivity contribution in [2.24, 2.45) is 0 Å². The predicted molar refractivity (Wildman–Crippen MR) is 76.4 cm³/mol. The minimum absolute atomic E-state index is 0.0987. The highest BCUT2D eigenvalue weighted by atomic mass is 32.2. The van der Waals surface area contributed by atoms with Crippen molar-refractivity contribution in [3.63, 3.8) is 0 Å². The van der Waals surface area contributed by atoms with Crippen molar-refractivity contribution in [2.75, 3.05) is 12.4 Å². The lowest BCUT2D eigenvalue weighted by Gasteiger charge is -2.05. The van der Waals surface area contributed by atoms with Gasteiger partial charge < -0.3 is 5.32 Å². The van der Waals surface area contributed by atoms with Crippen LogP contribution in [0.3, 0.4) is 0 Å². The fraction of sp³-hybridized carbons (Fsp3) is 0.154. The number of nitro benzene ring substituents is 1. The van der Waals surface area contributed by atoms with Crippen LogP contribution in [0.25, 0.3) is 0 Å². The molecule has 2 aromatic rings. The second-order valence-electron chi connectivity index (χ2n) is 3.82. The Labute approximate surface area is 115 Å². The highest BCUT2D eigenvalue weighted by molar-refractivity contribution is 7.98. The third-order valence-corrected chi connectivity index (χ3v) is 3.57. The number of pyridine rings is 1. The second kappa shape index (κ2) is 6.19. The van der Waals surface area contributed by atoms with Gasteiger partial charge in [-0.15, -0.1) is 11.8 Å². The second-order valence-corrected chi connectivity index (χ2v) is 4.81. The minimum atomic E-state index is -0.374. The zero-order valence-electron chi connectivity index (χ0n) is 10.4. The first kappa shape index (κ1) is 13.4. The number of hydrogen-bond acceptors (Lipinski definition) is 5. The summed E-state index contributed by atoms with van der Waals surface area (Å²) in [4.78, 5) is 14.8. The first-order valence-corrected chi connectivity index (χ1v) is 6.68. The Morgan fingerprint density at radius 2 is 2.21 bits per heavy atom. The molecule has 0 fully saturated rings. The standard InChI is InChI=1S/C13H13N3O2S/c1-14-11-6-5-10(8-12(11)16(17)18)9-19-13-4-2-3-7-15-13/h2-8,14H,9H2,1H3. The van der Waals surface area contributed by atoms with E-state index in [1.807, 2.05) is 24.3 Å². The van der Waals surface area contributed by atoms with Crippen molar-refractivity contribution in [3.05, 3.63) is 58.3 Å². The van der Waals surface area contributed by atoms with Gasteiger partial charge in [0.15, 0.2) is 0 Å². The fourth-order valence-electron chi connectivity index (χ4n) is 1.62. The van der Waals surface area contributed by atoms with Gasteiger partial charge in [-0.2, -0.15) is 0 Å². The molecule has 0 atom stereocenters. The Balaban J connectivity index is 2.13. The fourth-order valence-corrected chi connectivity index (χ4v) is 2.42. The van der Waals surface area contributed by atoms with Crippen LogP contribution in [0.2, 0.25) is 0 Å². The average Bonchev–Trinajstić information content (AvgIpc) is 2.46. The number of rotatable bonds is 5. The maximum absolute atomic E-state index is 11.0. The number of nitrogens with zero attached hydrogens (tertiary/aromatic N) is 2. The van der Waals surface area contributed by atoms with Crippen molar-refractivity contribution < 1.29 is 4.92 Å². The van der Waals surface area contributed by atoms with Gasteiger partial charge in [-0.3, -0.25) is 10.1 Å². The van der Waals surface area contributed by atoms with Gasteiger partial charge in [0, 0.05) is 25.1 Å². The van der Waals surface area contributed by atoms with E-state index in [-0.39, 0.29) is 10.6 Å². The summed E-state index contributed by atoms with van der Waals surface area (Å²) in [6.45, 7) is 0. The molecule has 0 aliphatic rings. The van der Waals surface area contributed by atoms with Crippen LogP contribution < -0.4 is 5.32 Å². The molecule has 0 radical (unpaired) electrons. The topological polar surface area (TPSA) is 68.1 Å². The number of nitro groups is 1. The molecule has 98 valence electrons. The van der Waals surface area contributed by atoms with Crippen LogP contribution in [-0.4, -0.2) is 17.0 Å². The molecule has 0 unspecified atom stereocenters. The Morgan fingerprint density at radius 1 is 1.37 bits per heavy atom. The molecule has 0 saturated carbocycles. The molecular weight excluding hydrogens is 262 g/mol. The molecule has 0 spiro atoms. The van der Waals surface area contributed by atoms with E-state index in [1.165, 1.54) is 0 Å². The van der Waals surface area contributed by atoms with Crippen LogP contribution >= 0.6 is 11.8 Å². The Kier molecular flexibility index (Phi) is 4.35. The molecule has 19 heavy (non-hydrogen) atoms. The molecule has 1 aromatic heterocycles. The van der Waals surface area contributed by atoms with Crippen LogP contribution in [-0.2, 0) is 5.75 Å². The summed E-state index contributed by atoms with van der Waals surface area (Å²) in [6, 6.07) is 10.9. The molecule has 0 amide bonds. The molecule has 1 aromatic carbocycles. The smallest absolute Gasteiger partial charge is 0.292 e. The lowest BCUT2D eigenvalue weighted by Crippen LogP contribution is -1.97. The summed E-state index contributed by atoms with van der Waals surface area (Å²) < 4.78 is 0. The lowest BCUT2D eigenvalue weighted by molar-refractivity contribution is -0.384. The monoisotopic (exact) mass is 275 g/mol. The summed E-state index contributed by atoms with van der Waals surface area (Å²) in [5.41, 5.74) is 1.53. The molecular formula is C13H13N3O2S. The van der Waals surface area contributed by atoms with E-state index in [0.717, 1.165) is 10.6 Å². The Hall–Kier alpha value is -2.08. The molecule has 0 saturated heterocycles. The van der Waals surface area contributed by atoms with E-state index < -0.39 is 0 Å². The minimum Gasteiger partial charge on any atom is -0.383 e. The van der Waals surface area contributed by atoms with Gasteiger partial charge in [0.1, 0.15) is 5.69 Å². The number of aromatic nitrogens is 1. The number of nitrogens with one attached hydrogen (secondary N) is 1. The Bertz CT molecular complexity index is 575. The third kappa shape index (κ3) is 3.45. The van der Waals surface area contributed by atoms with Crippen molar-refractivity contribution in [2.45, 2.75) is 10.8 Å². The van der Waals surface area contributed by atoms with E-state index in [9.17, 15) is 10.1 Å². The maximum atomic E-state index is 11.0. The zero-order valence-corrected chi connectivity index (χ0v) is 11.2. The summed E-state index contributed by atoms with van der Waals surface area (Å²) in [5.74, 6) is 0.655. The van der Waals surface area contributed by atoms with Gasteiger partial charge >= 0.3 is 0 Å². The lowest BCUT2D eigenvalue weighted by atomic mass is 10.2. The number of benzene rings is 1. The number of hydrogen-bond donors (Lipinski definition) is 1. The summed E-state index contributed by atoms with van der Waals surface area (Å²) in [5, 5.41) is 14.7. The Morgan fingerprint density at radius 3 is 2.84 bits per heavy atom. The van der Waals surface area contributed by atoms with E-state index in [4.69, 9.17) is 0 Å². The first-order chi connectivity index (χ1) is 9.20. The molecule has 2 rings (SSSR count). The van der Waals surface area contributed by atoms with Gasteiger partial charge in [0.2, 0.25) is 0 Å². The quantitative estimate of drug-likeness (QED) is 0.515. The van der Waals surface area contributed by atoms with E-state index >= 15 is 0 Å². The van der Waals surface area contributed by atoms with E-state index in [2.05, 4.69) is 10.3 Å². The number of anilines is 1. The highest BCUT2D eigenvalue weighted by Gasteiger charge is 2.13. The maximum Gasteiger partial charge on any atom is 0.292 e. The van der Waals surface area contributed by atoms with Crippen LogP contribution in [0.5, 0.6) is 0 Å². The van der Waals surface area contributed by atoms with Gasteiger partial charge in [-0.1, -0.05) is 12.1 Å². The van der Waals surface area contributed by atoms with Crippen LogP contribution in [0, 0.1) is 10.1 Å². The molecule has 0 bridgehead atoms. The zero-order chi connectivity index (χ0) is 13.7. The molecule has 5 nitrogen and oxygen atoms in total. The highest BCUT2D eigenvalue weighted by Crippen LogP contribution is 2.28. The molecule has 0 aliphatic carbocycles. The van der Waals surface area contributed by atoms with Crippen LogP contribution in [0.15, 0.2) is 47.6 Å². The number of thioether (sulfide) groups is 1. The summed E-state index contributed by atoms with van der Waals surface area (Å²) in [6.07, 6.45) is 1.73. The van der Waals surface area contributed by atoms with Gasteiger partial charge in [0.05, 0.1) is 9.95 Å². The summed E-state index contributed by atoms with van der Waals surface area (Å²) >= 11 is 1.55. The van der Waals surface area contributed by atoms with Crippen molar-refractivity contribution in [3.8, 4) is 0 Å². The van der Waals surface area contributed by atoms with E-state index in [1.54, 1.807) is 37.1 Å². The van der Waals surface area contributed by atoms with Crippen molar-refractivity contribution in [1.29, 1.82) is 0 Å². The molecule has 6 heteroatoms. The average molecular weight is 275 g/mol. The van der Waals surface area contributed by atoms with Gasteiger partial charge in [-0.25, -0.2) is 4.98 Å².